The van der Waals surface area contributed by atoms with Crippen LogP contribution in [0.2, 0.25) is 0 Å². The minimum atomic E-state index is -0.344. The molecule has 3 aromatic rings. The van der Waals surface area contributed by atoms with Gasteiger partial charge in [-0.1, -0.05) is 78.9 Å². The Bertz CT molecular complexity index is 941. The van der Waals surface area contributed by atoms with Crippen LogP contribution in [0.15, 0.2) is 95.1 Å². The van der Waals surface area contributed by atoms with Gasteiger partial charge in [0, 0.05) is 11.5 Å². The highest BCUT2D eigenvalue weighted by molar-refractivity contribution is 7.02. The van der Waals surface area contributed by atoms with Gasteiger partial charge in [-0.25, -0.2) is 9.36 Å². The highest BCUT2D eigenvalue weighted by Crippen LogP contribution is 2.13. The Morgan fingerprint density at radius 3 is 2.14 bits per heavy atom. The van der Waals surface area contributed by atoms with Crippen LogP contribution in [-0.2, 0) is 13.0 Å². The normalized spacial score (nSPS) is 11.6. The smallest absolute Gasteiger partial charge is 0.258 e. The van der Waals surface area contributed by atoms with E-state index in [1.54, 1.807) is 0 Å². The lowest BCUT2D eigenvalue weighted by atomic mass is 9.96. The van der Waals surface area contributed by atoms with Gasteiger partial charge < -0.3 is 0 Å². The quantitative estimate of drug-likeness (QED) is 0.593. The zero-order valence-electron chi connectivity index (χ0n) is 16.1. The van der Waals surface area contributed by atoms with Crippen LogP contribution in [0.25, 0.3) is 0 Å². The summed E-state index contributed by atoms with van der Waals surface area (Å²) in [5, 5.41) is 0. The summed E-state index contributed by atoms with van der Waals surface area (Å²) in [6.45, 7) is 6.27. The first-order valence-corrected chi connectivity index (χ1v) is 10.1. The summed E-state index contributed by atoms with van der Waals surface area (Å²) in [6.07, 6.45) is 8.54. The molecular weight excluding hydrogens is 368 g/mol. The van der Waals surface area contributed by atoms with Gasteiger partial charge in [0.25, 0.3) is 0 Å². The Labute approximate surface area is 169 Å². The van der Waals surface area contributed by atoms with Crippen molar-refractivity contribution in [3.8, 4) is 0 Å². The zero-order chi connectivity index (χ0) is 20.2. The minimum Gasteiger partial charge on any atom is -0.258 e. The topological polar surface area (TPSA) is 54.9 Å². The number of hydrogen-bond acceptors (Lipinski definition) is 3. The summed E-state index contributed by atoms with van der Waals surface area (Å²) in [5.74, 6) is 0.564. The molecule has 1 atom stereocenters. The molecule has 0 saturated carbocycles. The SMILES string of the molecule is C=C[C@H](C/C=C\C)Cc1ccccc1.O=c1[nH]sc(=O)n1Cc1ccccc1. The third-order valence-corrected chi connectivity index (χ3v) is 4.89. The monoisotopic (exact) mass is 394 g/mol. The molecule has 28 heavy (non-hydrogen) atoms. The van der Waals surface area contributed by atoms with E-state index >= 15 is 0 Å². The summed E-state index contributed by atoms with van der Waals surface area (Å²) < 4.78 is 3.57. The molecule has 0 radical (unpaired) electrons. The molecule has 1 aromatic heterocycles. The van der Waals surface area contributed by atoms with E-state index in [1.165, 1.54) is 10.1 Å². The molecular formula is C23H26N2O2S. The molecule has 0 aliphatic carbocycles. The maximum Gasteiger partial charge on any atom is 0.338 e. The molecule has 0 aliphatic heterocycles. The van der Waals surface area contributed by atoms with Crippen molar-refractivity contribution in [2.24, 2.45) is 5.92 Å². The predicted molar refractivity (Wildman–Crippen MR) is 118 cm³/mol. The van der Waals surface area contributed by atoms with Crippen LogP contribution in [0, 0.1) is 5.92 Å². The van der Waals surface area contributed by atoms with Crippen LogP contribution in [0.4, 0.5) is 0 Å². The molecule has 3 rings (SSSR count). The van der Waals surface area contributed by atoms with Crippen LogP contribution in [0.3, 0.4) is 0 Å². The van der Waals surface area contributed by atoms with Gasteiger partial charge in [-0.05, 0) is 36.8 Å². The minimum absolute atomic E-state index is 0.251. The first kappa shape index (κ1) is 21.4. The van der Waals surface area contributed by atoms with Gasteiger partial charge in [-0.15, -0.1) is 6.58 Å². The second-order valence-corrected chi connectivity index (χ2v) is 7.09. The molecule has 146 valence electrons. The Hall–Kier alpha value is -2.92. The zero-order valence-corrected chi connectivity index (χ0v) is 16.9. The number of benzene rings is 2. The highest BCUT2D eigenvalue weighted by atomic mass is 32.1. The second kappa shape index (κ2) is 11.7. The highest BCUT2D eigenvalue weighted by Gasteiger charge is 2.03. The van der Waals surface area contributed by atoms with E-state index in [1.807, 2.05) is 36.4 Å². The van der Waals surface area contributed by atoms with E-state index in [0.29, 0.717) is 12.5 Å². The van der Waals surface area contributed by atoms with Crippen molar-refractivity contribution in [2.45, 2.75) is 26.3 Å². The molecule has 1 N–H and O–H groups in total. The number of H-pyrrole nitrogens is 1. The van der Waals surface area contributed by atoms with E-state index in [2.05, 4.69) is 60.4 Å². The maximum absolute atomic E-state index is 11.2. The average Bonchev–Trinajstić information content (AvgIpc) is 3.05. The molecule has 2 aromatic carbocycles. The van der Waals surface area contributed by atoms with E-state index in [4.69, 9.17) is 0 Å². The number of nitrogens with one attached hydrogen (secondary N) is 1. The largest absolute Gasteiger partial charge is 0.338 e. The summed E-state index contributed by atoms with van der Waals surface area (Å²) >= 11 is 0.820. The number of allylic oxidation sites excluding steroid dienone is 3. The number of aromatic amines is 1. The first-order valence-electron chi connectivity index (χ1n) is 9.24. The number of nitrogens with zero attached hydrogens (tertiary/aromatic N) is 1. The third kappa shape index (κ3) is 7.00. The predicted octanol–water partition coefficient (Wildman–Crippen LogP) is 4.64. The molecule has 5 heteroatoms. The van der Waals surface area contributed by atoms with E-state index < -0.39 is 0 Å². The van der Waals surface area contributed by atoms with Crippen LogP contribution in [0.5, 0.6) is 0 Å². The van der Waals surface area contributed by atoms with E-state index in [-0.39, 0.29) is 10.6 Å². The fourth-order valence-electron chi connectivity index (χ4n) is 2.67. The van der Waals surface area contributed by atoms with Gasteiger partial charge in [-0.3, -0.25) is 9.17 Å². The summed E-state index contributed by atoms with van der Waals surface area (Å²) in [4.78, 5) is 22.1. The van der Waals surface area contributed by atoms with Crippen molar-refractivity contribution in [3.63, 3.8) is 0 Å². The second-order valence-electron chi connectivity index (χ2n) is 6.34. The van der Waals surface area contributed by atoms with E-state index in [0.717, 1.165) is 29.9 Å². The van der Waals surface area contributed by atoms with Crippen LogP contribution >= 0.6 is 11.5 Å². The third-order valence-electron chi connectivity index (χ3n) is 4.22. The lowest BCUT2D eigenvalue weighted by molar-refractivity contribution is 0.660. The average molecular weight is 395 g/mol. The van der Waals surface area contributed by atoms with Gasteiger partial charge in [0.05, 0.1) is 6.54 Å². The Kier molecular flexibility index (Phi) is 8.95. The van der Waals surface area contributed by atoms with Crippen molar-refractivity contribution in [2.75, 3.05) is 0 Å². The van der Waals surface area contributed by atoms with Gasteiger partial charge >= 0.3 is 10.6 Å². The summed E-state index contributed by atoms with van der Waals surface area (Å²) in [7, 11) is 0. The molecule has 0 bridgehead atoms. The van der Waals surface area contributed by atoms with Crippen molar-refractivity contribution in [1.29, 1.82) is 0 Å². The van der Waals surface area contributed by atoms with Crippen LogP contribution < -0.4 is 10.6 Å². The van der Waals surface area contributed by atoms with Gasteiger partial charge in [0.15, 0.2) is 0 Å². The molecule has 0 amide bonds. The molecule has 0 unspecified atom stereocenters. The molecule has 0 fully saturated rings. The number of rotatable bonds is 7. The Balaban J connectivity index is 0.000000200. The molecule has 4 nitrogen and oxygen atoms in total. The molecule has 1 heterocycles. The van der Waals surface area contributed by atoms with Gasteiger partial charge in [-0.2, -0.15) is 0 Å². The van der Waals surface area contributed by atoms with Crippen molar-refractivity contribution in [3.05, 3.63) is 117 Å². The fraction of sp³-hybridized carbons (Fsp3) is 0.217. The number of hydrogen-bond donors (Lipinski definition) is 1. The van der Waals surface area contributed by atoms with Crippen LogP contribution in [-0.4, -0.2) is 8.94 Å². The lowest BCUT2D eigenvalue weighted by Gasteiger charge is -2.09. The molecule has 0 saturated heterocycles. The van der Waals surface area contributed by atoms with Crippen molar-refractivity contribution >= 4 is 11.5 Å². The van der Waals surface area contributed by atoms with Crippen molar-refractivity contribution in [1.82, 2.24) is 8.94 Å². The lowest BCUT2D eigenvalue weighted by Crippen LogP contribution is -2.26. The summed E-state index contributed by atoms with van der Waals surface area (Å²) in [6, 6.07) is 20.0. The Morgan fingerprint density at radius 1 is 1.04 bits per heavy atom. The summed E-state index contributed by atoms with van der Waals surface area (Å²) in [5.41, 5.74) is 1.99. The molecule has 0 spiro atoms. The van der Waals surface area contributed by atoms with Gasteiger partial charge in [0.2, 0.25) is 0 Å². The van der Waals surface area contributed by atoms with Crippen LogP contribution in [0.1, 0.15) is 24.5 Å². The standard InChI is InChI=1S/C14H18.C9H8N2O2S/c1-3-5-9-13(4-2)12-14-10-7-6-8-11-14;12-8-10-14-9(13)11(8)6-7-4-2-1-3-5-7/h3-8,10-11,13H,2,9,12H2,1H3;1-5H,6H2,(H,10,12)/b5-3-;/t13-;/m1./s1. The molecule has 0 aliphatic rings. The Morgan fingerprint density at radius 2 is 1.64 bits per heavy atom. The van der Waals surface area contributed by atoms with Crippen molar-refractivity contribution < 1.29 is 0 Å². The first-order chi connectivity index (χ1) is 13.6. The fourth-order valence-corrected chi connectivity index (χ4v) is 3.22. The maximum atomic E-state index is 11.2. The number of aromatic nitrogens is 2. The van der Waals surface area contributed by atoms with E-state index in [9.17, 15) is 9.59 Å². The van der Waals surface area contributed by atoms with Gasteiger partial charge in [0.1, 0.15) is 0 Å².